The van der Waals surface area contributed by atoms with Crippen molar-refractivity contribution in [2.75, 3.05) is 25.2 Å². The Labute approximate surface area is 120 Å². The maximum absolute atomic E-state index is 11.0. The quantitative estimate of drug-likeness (QED) is 0.749. The fourth-order valence-corrected chi connectivity index (χ4v) is 2.43. The smallest absolute Gasteiger partial charge is 0.147 e. The Morgan fingerprint density at radius 3 is 2.74 bits per heavy atom. The van der Waals surface area contributed by atoms with E-state index >= 15 is 0 Å². The average molecular weight is 306 g/mol. The van der Waals surface area contributed by atoms with E-state index in [0.29, 0.717) is 24.6 Å². The van der Waals surface area contributed by atoms with Crippen LogP contribution in [0.2, 0.25) is 5.02 Å². The molecule has 1 N–H and O–H groups in total. The molecule has 0 heterocycles. The third-order valence-electron chi connectivity index (χ3n) is 2.51. The maximum Gasteiger partial charge on any atom is 0.147 e. The summed E-state index contributed by atoms with van der Waals surface area (Å²) in [4.78, 5) is 0. The molecule has 1 aromatic rings. The van der Waals surface area contributed by atoms with Gasteiger partial charge in [0.2, 0.25) is 0 Å². The van der Waals surface area contributed by atoms with Crippen molar-refractivity contribution in [1.82, 2.24) is 5.32 Å². The summed E-state index contributed by atoms with van der Waals surface area (Å²) in [6.45, 7) is 3.95. The number of nitrogens with one attached hydrogen (secondary N) is 1. The van der Waals surface area contributed by atoms with E-state index < -0.39 is 9.84 Å². The van der Waals surface area contributed by atoms with Gasteiger partial charge in [0.1, 0.15) is 15.6 Å². The molecule has 0 aromatic heterocycles. The second-order valence-electron chi connectivity index (χ2n) is 4.36. The van der Waals surface area contributed by atoms with Gasteiger partial charge in [0.05, 0.1) is 12.4 Å². The molecule has 0 aliphatic rings. The molecule has 6 heteroatoms. The summed E-state index contributed by atoms with van der Waals surface area (Å²) >= 11 is 5.95. The molecule has 0 saturated carbocycles. The Balaban J connectivity index is 2.56. The fraction of sp³-hybridized carbons (Fsp3) is 0.538. The normalized spacial score (nSPS) is 11.5. The zero-order valence-corrected chi connectivity index (χ0v) is 12.9. The predicted octanol–water partition coefficient (Wildman–Crippen LogP) is 2.26. The first-order valence-electron chi connectivity index (χ1n) is 6.22. The van der Waals surface area contributed by atoms with Crippen LogP contribution in [0.3, 0.4) is 0 Å². The van der Waals surface area contributed by atoms with Crippen molar-refractivity contribution in [3.63, 3.8) is 0 Å². The Hall–Kier alpha value is -0.780. The number of rotatable bonds is 8. The van der Waals surface area contributed by atoms with Crippen molar-refractivity contribution in [2.24, 2.45) is 0 Å². The lowest BCUT2D eigenvalue weighted by atomic mass is 10.2. The Kier molecular flexibility index (Phi) is 6.62. The molecule has 0 spiro atoms. The van der Waals surface area contributed by atoms with E-state index in [1.807, 2.05) is 19.1 Å². The van der Waals surface area contributed by atoms with Crippen molar-refractivity contribution < 1.29 is 13.2 Å². The lowest BCUT2D eigenvalue weighted by Gasteiger charge is -2.12. The van der Waals surface area contributed by atoms with E-state index in [0.717, 1.165) is 17.9 Å². The molecule has 0 bridgehead atoms. The van der Waals surface area contributed by atoms with Crippen LogP contribution < -0.4 is 10.1 Å². The van der Waals surface area contributed by atoms with Gasteiger partial charge in [0.15, 0.2) is 0 Å². The van der Waals surface area contributed by atoms with Gasteiger partial charge >= 0.3 is 0 Å². The van der Waals surface area contributed by atoms with Crippen molar-refractivity contribution in [2.45, 2.75) is 19.9 Å². The molecule has 4 nitrogen and oxygen atoms in total. The largest absolute Gasteiger partial charge is 0.493 e. The number of hydrogen-bond acceptors (Lipinski definition) is 4. The average Bonchev–Trinajstić information content (AvgIpc) is 2.32. The molecule has 1 rings (SSSR count). The first-order valence-corrected chi connectivity index (χ1v) is 8.66. The molecule has 0 amide bonds. The molecule has 1 aromatic carbocycles. The summed E-state index contributed by atoms with van der Waals surface area (Å²) in [6, 6.07) is 5.44. The van der Waals surface area contributed by atoms with Crippen molar-refractivity contribution in [3.8, 4) is 5.75 Å². The van der Waals surface area contributed by atoms with Crippen LogP contribution in [0.25, 0.3) is 0 Å². The summed E-state index contributed by atoms with van der Waals surface area (Å²) < 4.78 is 27.6. The first kappa shape index (κ1) is 16.3. The standard InChI is InChI=1S/C13H20ClNO3S/c1-3-15-10-11-9-12(14)5-6-13(11)18-7-4-8-19(2,16)17/h5-6,9,15H,3-4,7-8,10H2,1-2H3. The predicted molar refractivity (Wildman–Crippen MR) is 78.7 cm³/mol. The molecule has 0 saturated heterocycles. The molecule has 0 fully saturated rings. The van der Waals surface area contributed by atoms with Crippen molar-refractivity contribution in [1.29, 1.82) is 0 Å². The van der Waals surface area contributed by atoms with Crippen LogP contribution in [-0.2, 0) is 16.4 Å². The molecule has 0 aliphatic heterocycles. The zero-order valence-electron chi connectivity index (χ0n) is 11.3. The minimum absolute atomic E-state index is 0.142. The Morgan fingerprint density at radius 2 is 2.11 bits per heavy atom. The number of hydrogen-bond donors (Lipinski definition) is 1. The molecule has 108 valence electrons. The third-order valence-corrected chi connectivity index (χ3v) is 3.77. The van der Waals surface area contributed by atoms with E-state index in [4.69, 9.17) is 16.3 Å². The highest BCUT2D eigenvalue weighted by Crippen LogP contribution is 2.23. The topological polar surface area (TPSA) is 55.4 Å². The number of halogens is 1. The number of sulfone groups is 1. The molecular weight excluding hydrogens is 286 g/mol. The van der Waals surface area contributed by atoms with Crippen LogP contribution in [0.15, 0.2) is 18.2 Å². The fourth-order valence-electron chi connectivity index (χ4n) is 1.59. The van der Waals surface area contributed by atoms with Gasteiger partial charge in [0.25, 0.3) is 0 Å². The lowest BCUT2D eigenvalue weighted by molar-refractivity contribution is 0.313. The monoisotopic (exact) mass is 305 g/mol. The van der Waals surface area contributed by atoms with Gasteiger partial charge in [-0.2, -0.15) is 0 Å². The molecule has 0 aliphatic carbocycles. The van der Waals surface area contributed by atoms with Gasteiger partial charge in [-0.25, -0.2) is 8.42 Å². The highest BCUT2D eigenvalue weighted by molar-refractivity contribution is 7.90. The Morgan fingerprint density at radius 1 is 1.37 bits per heavy atom. The molecule has 0 unspecified atom stereocenters. The minimum atomic E-state index is -2.92. The summed E-state index contributed by atoms with van der Waals surface area (Å²) in [5.74, 6) is 0.891. The van der Waals surface area contributed by atoms with Gasteiger partial charge in [0, 0.05) is 23.4 Å². The zero-order chi connectivity index (χ0) is 14.3. The van der Waals surface area contributed by atoms with Gasteiger partial charge in [-0.05, 0) is 31.2 Å². The highest BCUT2D eigenvalue weighted by Gasteiger charge is 2.06. The summed E-state index contributed by atoms with van der Waals surface area (Å²) in [6.07, 6.45) is 1.72. The molecule has 0 radical (unpaired) electrons. The summed E-state index contributed by atoms with van der Waals surface area (Å²) in [7, 11) is -2.92. The molecule has 19 heavy (non-hydrogen) atoms. The van der Waals surface area contributed by atoms with Crippen LogP contribution >= 0.6 is 11.6 Å². The van der Waals surface area contributed by atoms with Crippen molar-refractivity contribution in [3.05, 3.63) is 28.8 Å². The van der Waals surface area contributed by atoms with Crippen LogP contribution in [0.5, 0.6) is 5.75 Å². The third kappa shape index (κ3) is 6.80. The maximum atomic E-state index is 11.0. The lowest BCUT2D eigenvalue weighted by Crippen LogP contribution is -2.14. The summed E-state index contributed by atoms with van der Waals surface area (Å²) in [5, 5.41) is 3.88. The minimum Gasteiger partial charge on any atom is -0.493 e. The molecular formula is C13H20ClNO3S. The van der Waals surface area contributed by atoms with E-state index in [2.05, 4.69) is 5.32 Å². The number of ether oxygens (including phenoxy) is 1. The van der Waals surface area contributed by atoms with E-state index in [9.17, 15) is 8.42 Å². The molecule has 0 atom stereocenters. The van der Waals surface area contributed by atoms with Crippen LogP contribution in [0.1, 0.15) is 18.9 Å². The van der Waals surface area contributed by atoms with Gasteiger partial charge < -0.3 is 10.1 Å². The highest BCUT2D eigenvalue weighted by atomic mass is 35.5. The van der Waals surface area contributed by atoms with Crippen LogP contribution in [-0.4, -0.2) is 33.6 Å². The number of benzene rings is 1. The van der Waals surface area contributed by atoms with E-state index in [1.165, 1.54) is 6.26 Å². The van der Waals surface area contributed by atoms with E-state index in [-0.39, 0.29) is 5.75 Å². The second kappa shape index (κ2) is 7.72. The second-order valence-corrected chi connectivity index (χ2v) is 7.06. The summed E-state index contributed by atoms with van der Waals surface area (Å²) in [5.41, 5.74) is 0.980. The van der Waals surface area contributed by atoms with E-state index in [1.54, 1.807) is 6.07 Å². The van der Waals surface area contributed by atoms with Gasteiger partial charge in [-0.1, -0.05) is 18.5 Å². The van der Waals surface area contributed by atoms with Gasteiger partial charge in [-0.15, -0.1) is 0 Å². The van der Waals surface area contributed by atoms with Gasteiger partial charge in [-0.3, -0.25) is 0 Å². The van der Waals surface area contributed by atoms with Crippen molar-refractivity contribution >= 4 is 21.4 Å². The Bertz CT molecular complexity index is 503. The van der Waals surface area contributed by atoms with Crippen LogP contribution in [0, 0.1) is 0 Å². The van der Waals surface area contributed by atoms with Crippen LogP contribution in [0.4, 0.5) is 0 Å². The first-order chi connectivity index (χ1) is 8.92. The SMILES string of the molecule is CCNCc1cc(Cl)ccc1OCCCS(C)(=O)=O.